The van der Waals surface area contributed by atoms with E-state index < -0.39 is 41.9 Å². The first-order chi connectivity index (χ1) is 8.93. The molecule has 1 aliphatic heterocycles. The summed E-state index contributed by atoms with van der Waals surface area (Å²) in [4.78, 5) is 24.6. The molecule has 1 aromatic rings. The lowest BCUT2D eigenvalue weighted by atomic mass is 9.95. The zero-order chi connectivity index (χ0) is 14.2. The van der Waals surface area contributed by atoms with Gasteiger partial charge in [0.1, 0.15) is 12.2 Å². The number of H-pyrrole nitrogens is 1. The predicted molar refractivity (Wildman–Crippen MR) is 62.1 cm³/mol. The Kier molecular flexibility index (Phi) is 3.30. The van der Waals surface area contributed by atoms with Gasteiger partial charge in [-0.2, -0.15) is 0 Å². The fourth-order valence-corrected chi connectivity index (χ4v) is 1.96. The molecule has 1 saturated heterocycles. The number of rotatable bonds is 2. The molecule has 0 aromatic carbocycles. The lowest BCUT2D eigenvalue weighted by Crippen LogP contribution is -2.48. The number of hydrogen-bond acceptors (Lipinski definition) is 6. The molecule has 1 fully saturated rings. The molecule has 0 bridgehead atoms. The number of ether oxygens (including phenoxy) is 1. The summed E-state index contributed by atoms with van der Waals surface area (Å²) < 4.78 is 6.03. The molecule has 1 aliphatic rings. The van der Waals surface area contributed by atoms with Crippen molar-refractivity contribution in [2.45, 2.75) is 24.0 Å². The van der Waals surface area contributed by atoms with E-state index in [-0.39, 0.29) is 0 Å². The van der Waals surface area contributed by atoms with Gasteiger partial charge in [-0.1, -0.05) is 5.92 Å². The lowest BCUT2D eigenvalue weighted by molar-refractivity contribution is -0.0764. The molecular weight excluding hydrogens is 256 g/mol. The number of aliphatic hydroxyl groups excluding tert-OH is 2. The largest absolute Gasteiger partial charge is 0.394 e. The summed E-state index contributed by atoms with van der Waals surface area (Å²) in [6.07, 6.45) is 2.15. The predicted octanol–water partition coefficient (Wildman–Crippen LogP) is -2.85. The summed E-state index contributed by atoms with van der Waals surface area (Å²) in [5.41, 5.74) is -3.66. The molecular formula is C11H12N2O6. The smallest absolute Gasteiger partial charge is 0.330 e. The van der Waals surface area contributed by atoms with Gasteiger partial charge in [-0.05, 0) is 0 Å². The van der Waals surface area contributed by atoms with E-state index >= 15 is 0 Å². The highest BCUT2D eigenvalue weighted by atomic mass is 16.6. The summed E-state index contributed by atoms with van der Waals surface area (Å²) in [5.74, 6) is 1.96. The summed E-state index contributed by atoms with van der Waals surface area (Å²) >= 11 is 0. The van der Waals surface area contributed by atoms with Gasteiger partial charge in [0, 0.05) is 12.3 Å². The van der Waals surface area contributed by atoms with Crippen LogP contribution in [0.5, 0.6) is 0 Å². The van der Waals surface area contributed by atoms with Gasteiger partial charge in [0.15, 0.2) is 11.8 Å². The maximum absolute atomic E-state index is 11.6. The van der Waals surface area contributed by atoms with Crippen molar-refractivity contribution in [1.29, 1.82) is 0 Å². The van der Waals surface area contributed by atoms with Crippen molar-refractivity contribution in [1.82, 2.24) is 9.55 Å². The summed E-state index contributed by atoms with van der Waals surface area (Å²) in [6, 6.07) is 1.04. The quantitative estimate of drug-likeness (QED) is 0.428. The number of nitrogens with zero attached hydrogens (tertiary/aromatic N) is 1. The number of aromatic nitrogens is 2. The third-order valence-electron chi connectivity index (χ3n) is 3.00. The highest BCUT2D eigenvalue weighted by molar-refractivity contribution is 5.19. The monoisotopic (exact) mass is 268 g/mol. The fraction of sp³-hybridized carbons (Fsp3) is 0.455. The first kappa shape index (κ1) is 13.5. The van der Waals surface area contributed by atoms with E-state index in [9.17, 15) is 19.8 Å². The van der Waals surface area contributed by atoms with Crippen LogP contribution >= 0.6 is 0 Å². The van der Waals surface area contributed by atoms with Gasteiger partial charge in [-0.3, -0.25) is 14.3 Å². The van der Waals surface area contributed by atoms with Crippen molar-refractivity contribution in [3.63, 3.8) is 0 Å². The van der Waals surface area contributed by atoms with Gasteiger partial charge in [0.05, 0.1) is 6.61 Å². The number of aromatic amines is 1. The first-order valence-corrected chi connectivity index (χ1v) is 5.40. The molecule has 8 nitrogen and oxygen atoms in total. The van der Waals surface area contributed by atoms with Crippen molar-refractivity contribution in [3.05, 3.63) is 33.1 Å². The van der Waals surface area contributed by atoms with Crippen LogP contribution in [0.25, 0.3) is 0 Å². The zero-order valence-corrected chi connectivity index (χ0v) is 9.68. The summed E-state index contributed by atoms with van der Waals surface area (Å²) in [7, 11) is 0. The molecule has 19 heavy (non-hydrogen) atoms. The zero-order valence-electron chi connectivity index (χ0n) is 9.68. The van der Waals surface area contributed by atoms with E-state index in [0.717, 1.165) is 16.8 Å². The van der Waals surface area contributed by atoms with Gasteiger partial charge < -0.3 is 20.1 Å². The molecule has 1 aromatic heterocycles. The topological polar surface area (TPSA) is 125 Å². The Hall–Kier alpha value is -1.92. The minimum Gasteiger partial charge on any atom is -0.394 e. The number of hydrogen-bond donors (Lipinski definition) is 4. The van der Waals surface area contributed by atoms with Crippen LogP contribution in [0.2, 0.25) is 0 Å². The minimum absolute atomic E-state index is 0.584. The van der Waals surface area contributed by atoms with Crippen LogP contribution < -0.4 is 11.2 Å². The number of terminal acetylenes is 1. The Bertz CT molecular complexity index is 629. The first-order valence-electron chi connectivity index (χ1n) is 5.40. The normalized spacial score (nSPS) is 34.1. The van der Waals surface area contributed by atoms with Crippen LogP contribution in [0.15, 0.2) is 21.9 Å². The standard InChI is InChI=1S/C11H12N2O6/c1-2-11(18)8(16)6(5-14)19-9(11)13-4-3-7(15)12-10(13)17/h1,3-4,6,8-9,14,16,18H,5H2,(H,12,15,17)/t6?,8?,9?,11-/m1/s1. The van der Waals surface area contributed by atoms with E-state index in [2.05, 4.69) is 0 Å². The lowest BCUT2D eigenvalue weighted by Gasteiger charge is -2.26. The molecule has 102 valence electrons. The average molecular weight is 268 g/mol. The Morgan fingerprint density at radius 2 is 2.26 bits per heavy atom. The van der Waals surface area contributed by atoms with E-state index in [0.29, 0.717) is 0 Å². The average Bonchev–Trinajstić information content (AvgIpc) is 2.63. The minimum atomic E-state index is -2.19. The highest BCUT2D eigenvalue weighted by Crippen LogP contribution is 2.36. The second-order valence-corrected chi connectivity index (χ2v) is 4.14. The van der Waals surface area contributed by atoms with Gasteiger partial charge in [0.2, 0.25) is 0 Å². The van der Waals surface area contributed by atoms with Crippen LogP contribution in [-0.4, -0.2) is 49.3 Å². The SMILES string of the molecule is C#C[C@@]1(O)C(O)C(CO)OC1n1ccc(=O)[nH]c1=O. The van der Waals surface area contributed by atoms with Crippen molar-refractivity contribution in [2.75, 3.05) is 6.61 Å². The van der Waals surface area contributed by atoms with Gasteiger partial charge in [0.25, 0.3) is 5.56 Å². The van der Waals surface area contributed by atoms with E-state index in [1.165, 1.54) is 0 Å². The molecule has 0 spiro atoms. The molecule has 2 heterocycles. The molecule has 0 saturated carbocycles. The molecule has 2 rings (SSSR count). The van der Waals surface area contributed by atoms with Gasteiger partial charge in [-0.15, -0.1) is 6.42 Å². The van der Waals surface area contributed by atoms with Crippen LogP contribution in [0.1, 0.15) is 6.23 Å². The Labute approximate surface area is 106 Å². The van der Waals surface area contributed by atoms with E-state index in [1.54, 1.807) is 0 Å². The molecule has 4 atom stereocenters. The summed E-state index contributed by atoms with van der Waals surface area (Å²) in [5, 5.41) is 29.1. The third-order valence-corrected chi connectivity index (χ3v) is 3.00. The molecule has 3 unspecified atom stereocenters. The molecule has 4 N–H and O–H groups in total. The Morgan fingerprint density at radius 3 is 2.79 bits per heavy atom. The maximum atomic E-state index is 11.6. The highest BCUT2D eigenvalue weighted by Gasteiger charge is 2.55. The number of nitrogens with one attached hydrogen (secondary N) is 1. The maximum Gasteiger partial charge on any atom is 0.330 e. The fourth-order valence-electron chi connectivity index (χ4n) is 1.96. The van der Waals surface area contributed by atoms with Crippen molar-refractivity contribution in [3.8, 4) is 12.3 Å². The molecule has 0 amide bonds. The second kappa shape index (κ2) is 4.64. The van der Waals surface area contributed by atoms with Gasteiger partial charge >= 0.3 is 5.69 Å². The molecule has 0 radical (unpaired) electrons. The van der Waals surface area contributed by atoms with E-state index in [1.807, 2.05) is 10.9 Å². The van der Waals surface area contributed by atoms with Crippen LogP contribution in [0, 0.1) is 12.3 Å². The van der Waals surface area contributed by atoms with Crippen LogP contribution in [-0.2, 0) is 4.74 Å². The number of aliphatic hydroxyl groups is 3. The van der Waals surface area contributed by atoms with E-state index in [4.69, 9.17) is 16.3 Å². The third kappa shape index (κ3) is 1.98. The van der Waals surface area contributed by atoms with Crippen LogP contribution in [0.3, 0.4) is 0 Å². The molecule has 8 heteroatoms. The second-order valence-electron chi connectivity index (χ2n) is 4.14. The Balaban J connectivity index is 2.52. The van der Waals surface area contributed by atoms with Crippen molar-refractivity contribution < 1.29 is 20.1 Å². The summed E-state index contributed by atoms with van der Waals surface area (Å²) in [6.45, 7) is -0.584. The molecule has 0 aliphatic carbocycles. The Morgan fingerprint density at radius 1 is 1.58 bits per heavy atom. The van der Waals surface area contributed by atoms with Gasteiger partial charge in [-0.25, -0.2) is 4.79 Å². The van der Waals surface area contributed by atoms with Crippen molar-refractivity contribution in [2.24, 2.45) is 0 Å². The van der Waals surface area contributed by atoms with Crippen LogP contribution in [0.4, 0.5) is 0 Å². The van der Waals surface area contributed by atoms with Crippen molar-refractivity contribution >= 4 is 0 Å².